The molecule has 1 amide bonds. The van der Waals surface area contributed by atoms with Gasteiger partial charge in [0.2, 0.25) is 0 Å². The highest BCUT2D eigenvalue weighted by Gasteiger charge is 2.34. The molecule has 0 aliphatic carbocycles. The van der Waals surface area contributed by atoms with Gasteiger partial charge in [0.1, 0.15) is 5.44 Å². The smallest absolute Gasteiger partial charge is 0.418 e. The van der Waals surface area contributed by atoms with Crippen molar-refractivity contribution in [3.8, 4) is 0 Å². The minimum Gasteiger partial charge on any atom is -0.452 e. The zero-order valence-electron chi connectivity index (χ0n) is 12.1. The number of carbonyl (C=O) groups excluding carboxylic acids is 1. The molecule has 0 aliphatic heterocycles. The van der Waals surface area contributed by atoms with E-state index in [9.17, 15) is 9.36 Å². The van der Waals surface area contributed by atoms with Crippen LogP contribution in [0.2, 0.25) is 0 Å². The maximum atomic E-state index is 12.5. The first-order chi connectivity index (χ1) is 8.82. The predicted octanol–water partition coefficient (Wildman–Crippen LogP) is 3.72. The molecule has 0 saturated heterocycles. The minimum atomic E-state index is -3.60. The van der Waals surface area contributed by atoms with Crippen LogP contribution in [-0.4, -0.2) is 31.3 Å². The Morgan fingerprint density at radius 3 is 2.05 bits per heavy atom. The molecule has 19 heavy (non-hydrogen) atoms. The zero-order valence-corrected chi connectivity index (χ0v) is 13.0. The van der Waals surface area contributed by atoms with Gasteiger partial charge in [0, 0.05) is 6.20 Å². The van der Waals surface area contributed by atoms with Crippen molar-refractivity contribution in [2.24, 2.45) is 0 Å². The summed E-state index contributed by atoms with van der Waals surface area (Å²) in [6, 6.07) is 0. The number of carbonyl (C=O) groups is 1. The number of rotatable bonds is 7. The van der Waals surface area contributed by atoms with Crippen LogP contribution in [0.3, 0.4) is 0 Å². The molecule has 0 rings (SSSR count). The summed E-state index contributed by atoms with van der Waals surface area (Å²) in [7, 11) is -2.37. The van der Waals surface area contributed by atoms with Gasteiger partial charge in [-0.1, -0.05) is 12.2 Å². The summed E-state index contributed by atoms with van der Waals surface area (Å²) in [6.07, 6.45) is 0.768. The van der Waals surface area contributed by atoms with E-state index in [1.807, 2.05) is 0 Å². The molecule has 0 aromatic heterocycles. The molecule has 0 bridgehead atoms. The van der Waals surface area contributed by atoms with E-state index in [-0.39, 0.29) is 18.7 Å². The van der Waals surface area contributed by atoms with Crippen molar-refractivity contribution in [1.29, 1.82) is 0 Å². The van der Waals surface area contributed by atoms with Gasteiger partial charge >= 0.3 is 13.7 Å². The second-order valence-corrected chi connectivity index (χ2v) is 5.82. The van der Waals surface area contributed by atoms with Gasteiger partial charge in [0.05, 0.1) is 20.3 Å². The van der Waals surface area contributed by atoms with Crippen LogP contribution in [0.4, 0.5) is 4.79 Å². The highest BCUT2D eigenvalue weighted by molar-refractivity contribution is 7.58. The summed E-state index contributed by atoms with van der Waals surface area (Å²) in [5.74, 6) is 0. The number of allylic oxidation sites excluding steroid dienone is 1. The Kier molecular flexibility index (Phi) is 7.68. The standard InChI is InChI=1S/C12H22NO5P/c1-7-17-19(15,18-8-2)11(5)13(9-10(3)4)12(14)16-6/h9H,5,7-8H2,1-4,6H3. The van der Waals surface area contributed by atoms with Gasteiger partial charge in [-0.05, 0) is 27.7 Å². The van der Waals surface area contributed by atoms with Crippen LogP contribution in [-0.2, 0) is 18.3 Å². The average Bonchev–Trinajstić information content (AvgIpc) is 2.34. The van der Waals surface area contributed by atoms with Crippen LogP contribution in [0.5, 0.6) is 0 Å². The van der Waals surface area contributed by atoms with Crippen molar-refractivity contribution in [2.75, 3.05) is 20.3 Å². The van der Waals surface area contributed by atoms with Crippen molar-refractivity contribution in [1.82, 2.24) is 4.90 Å². The summed E-state index contributed by atoms with van der Waals surface area (Å²) < 4.78 is 27.5. The zero-order chi connectivity index (χ0) is 15.1. The Morgan fingerprint density at radius 2 is 1.74 bits per heavy atom. The molecule has 0 radical (unpaired) electrons. The lowest BCUT2D eigenvalue weighted by Crippen LogP contribution is -2.25. The summed E-state index contributed by atoms with van der Waals surface area (Å²) in [5, 5.41) is 0. The molecule has 0 fully saturated rings. The molecule has 7 heteroatoms. The molecule has 0 heterocycles. The van der Waals surface area contributed by atoms with Crippen LogP contribution in [0, 0.1) is 0 Å². The average molecular weight is 291 g/mol. The predicted molar refractivity (Wildman–Crippen MR) is 73.7 cm³/mol. The molecule has 0 N–H and O–H groups in total. The maximum absolute atomic E-state index is 12.5. The van der Waals surface area contributed by atoms with E-state index < -0.39 is 13.7 Å². The van der Waals surface area contributed by atoms with Gasteiger partial charge < -0.3 is 13.8 Å². The molecule has 0 aromatic rings. The number of ether oxygens (including phenoxy) is 1. The summed E-state index contributed by atoms with van der Waals surface area (Å²) in [6.45, 7) is 11.0. The van der Waals surface area contributed by atoms with Crippen LogP contribution in [0.1, 0.15) is 27.7 Å². The third-order valence-corrected chi connectivity index (χ3v) is 3.99. The van der Waals surface area contributed by atoms with Gasteiger partial charge in [0.15, 0.2) is 0 Å². The van der Waals surface area contributed by atoms with Crippen molar-refractivity contribution < 1.29 is 23.1 Å². The highest BCUT2D eigenvalue weighted by atomic mass is 31.2. The van der Waals surface area contributed by atoms with Crippen molar-refractivity contribution in [3.63, 3.8) is 0 Å². The normalized spacial score (nSPS) is 10.8. The van der Waals surface area contributed by atoms with E-state index in [0.717, 1.165) is 10.5 Å². The summed E-state index contributed by atoms with van der Waals surface area (Å²) >= 11 is 0. The van der Waals surface area contributed by atoms with Gasteiger partial charge in [-0.3, -0.25) is 4.57 Å². The summed E-state index contributed by atoms with van der Waals surface area (Å²) in [4.78, 5) is 12.8. The molecule has 0 aliphatic rings. The van der Waals surface area contributed by atoms with Gasteiger partial charge in [-0.2, -0.15) is 0 Å². The largest absolute Gasteiger partial charge is 0.452 e. The monoisotopic (exact) mass is 291 g/mol. The van der Waals surface area contributed by atoms with Crippen molar-refractivity contribution in [2.45, 2.75) is 27.7 Å². The molecule has 0 aromatic carbocycles. The Bertz CT molecular complexity index is 391. The second kappa shape index (κ2) is 8.15. The lowest BCUT2D eigenvalue weighted by molar-refractivity contribution is 0.147. The van der Waals surface area contributed by atoms with E-state index in [1.54, 1.807) is 27.7 Å². The first kappa shape index (κ1) is 17.9. The van der Waals surface area contributed by atoms with Crippen LogP contribution >= 0.6 is 7.60 Å². The molecule has 0 saturated carbocycles. The Balaban J connectivity index is 5.42. The SMILES string of the molecule is C=C(N(C=C(C)C)C(=O)OC)P(=O)(OCC)OCC. The van der Waals surface area contributed by atoms with Crippen molar-refractivity contribution in [3.05, 3.63) is 23.8 Å². The van der Waals surface area contributed by atoms with Crippen molar-refractivity contribution >= 4 is 13.7 Å². The third-order valence-electron chi connectivity index (χ3n) is 1.95. The van der Waals surface area contributed by atoms with Crippen LogP contribution in [0.15, 0.2) is 23.8 Å². The topological polar surface area (TPSA) is 65.1 Å². The van der Waals surface area contributed by atoms with E-state index in [1.165, 1.54) is 13.3 Å². The lowest BCUT2D eigenvalue weighted by atomic mass is 10.4. The maximum Gasteiger partial charge on any atom is 0.418 e. The van der Waals surface area contributed by atoms with Gasteiger partial charge in [-0.15, -0.1) is 0 Å². The molecular formula is C12H22NO5P. The fourth-order valence-electron chi connectivity index (χ4n) is 1.25. The highest BCUT2D eigenvalue weighted by Crippen LogP contribution is 2.56. The fourth-order valence-corrected chi connectivity index (χ4v) is 2.70. The van der Waals surface area contributed by atoms with E-state index in [0.29, 0.717) is 0 Å². The number of hydrogen-bond acceptors (Lipinski definition) is 5. The molecule has 110 valence electrons. The molecule has 6 nitrogen and oxygen atoms in total. The summed E-state index contributed by atoms with van der Waals surface area (Å²) in [5.41, 5.74) is 0.746. The molecule has 0 spiro atoms. The first-order valence-electron chi connectivity index (χ1n) is 5.93. The molecule has 0 unspecified atom stereocenters. The Labute approximate surface area is 114 Å². The van der Waals surface area contributed by atoms with E-state index in [2.05, 4.69) is 11.3 Å². The lowest BCUT2D eigenvalue weighted by Gasteiger charge is -2.25. The van der Waals surface area contributed by atoms with E-state index >= 15 is 0 Å². The quantitative estimate of drug-likeness (QED) is 0.669. The van der Waals surface area contributed by atoms with Gasteiger partial charge in [0.25, 0.3) is 0 Å². The first-order valence-corrected chi connectivity index (χ1v) is 7.47. The number of nitrogens with zero attached hydrogens (tertiary/aromatic N) is 1. The Morgan fingerprint density at radius 1 is 1.26 bits per heavy atom. The number of amides is 1. The third kappa shape index (κ3) is 5.19. The molecular weight excluding hydrogens is 269 g/mol. The van der Waals surface area contributed by atoms with E-state index in [4.69, 9.17) is 9.05 Å². The number of hydrogen-bond donors (Lipinski definition) is 0. The Hall–Kier alpha value is -1.10. The van der Waals surface area contributed by atoms with Crippen LogP contribution in [0.25, 0.3) is 0 Å². The van der Waals surface area contributed by atoms with Crippen LogP contribution < -0.4 is 0 Å². The minimum absolute atomic E-state index is 0.0655. The fraction of sp³-hybridized carbons (Fsp3) is 0.583. The second-order valence-electron chi connectivity index (χ2n) is 3.80. The molecule has 0 atom stereocenters. The number of methoxy groups -OCH3 is 1. The van der Waals surface area contributed by atoms with Gasteiger partial charge in [-0.25, -0.2) is 9.69 Å².